The van der Waals surface area contributed by atoms with Gasteiger partial charge in [-0.3, -0.25) is 4.57 Å². The number of aromatic amines is 1. The fourth-order valence-electron chi connectivity index (χ4n) is 2.36. The van der Waals surface area contributed by atoms with E-state index in [0.29, 0.717) is 4.77 Å². The molecular formula is C15H13FN2OS. The molecule has 3 rings (SSSR count). The largest absolute Gasteiger partial charge is 0.494 e. The maximum absolute atomic E-state index is 13.5. The maximum Gasteiger partial charge on any atom is 0.182 e. The van der Waals surface area contributed by atoms with Gasteiger partial charge < -0.3 is 9.72 Å². The van der Waals surface area contributed by atoms with Gasteiger partial charge in [-0.15, -0.1) is 0 Å². The number of nitrogens with one attached hydrogen (secondary N) is 1. The SMILES string of the molecule is COc1cc(-n2c(=S)[nH]c3cccc(C)c32)ccc1F. The Morgan fingerprint density at radius 3 is 2.80 bits per heavy atom. The molecule has 0 aliphatic rings. The van der Waals surface area contributed by atoms with Crippen molar-refractivity contribution in [1.29, 1.82) is 0 Å². The van der Waals surface area contributed by atoms with E-state index in [1.165, 1.54) is 13.2 Å². The number of ether oxygens (including phenoxy) is 1. The Labute approximate surface area is 120 Å². The molecule has 0 aliphatic carbocycles. The number of imidazole rings is 1. The predicted octanol–water partition coefficient (Wildman–Crippen LogP) is 4.14. The molecule has 0 radical (unpaired) electrons. The van der Waals surface area contributed by atoms with Gasteiger partial charge in [0.1, 0.15) is 0 Å². The number of nitrogens with zero attached hydrogens (tertiary/aromatic N) is 1. The summed E-state index contributed by atoms with van der Waals surface area (Å²) in [6.45, 7) is 2.02. The van der Waals surface area contributed by atoms with Crippen LogP contribution in [0, 0.1) is 17.5 Å². The highest BCUT2D eigenvalue weighted by Gasteiger charge is 2.11. The summed E-state index contributed by atoms with van der Waals surface area (Å²) < 4.78 is 21.0. The number of H-pyrrole nitrogens is 1. The second kappa shape index (κ2) is 4.76. The van der Waals surface area contributed by atoms with Gasteiger partial charge >= 0.3 is 0 Å². The first-order chi connectivity index (χ1) is 9.61. The third-order valence-electron chi connectivity index (χ3n) is 3.30. The summed E-state index contributed by atoms with van der Waals surface area (Å²) in [5, 5.41) is 0. The highest BCUT2D eigenvalue weighted by atomic mass is 32.1. The summed E-state index contributed by atoms with van der Waals surface area (Å²) in [5.41, 5.74) is 3.82. The van der Waals surface area contributed by atoms with Gasteiger partial charge in [-0.1, -0.05) is 12.1 Å². The molecule has 0 unspecified atom stereocenters. The van der Waals surface area contributed by atoms with Crippen LogP contribution in [0.3, 0.4) is 0 Å². The van der Waals surface area contributed by atoms with E-state index >= 15 is 0 Å². The summed E-state index contributed by atoms with van der Waals surface area (Å²) in [5.74, 6) is -0.188. The molecule has 2 aromatic carbocycles. The van der Waals surface area contributed by atoms with Gasteiger partial charge in [-0.05, 0) is 42.9 Å². The van der Waals surface area contributed by atoms with Gasteiger partial charge in [0.2, 0.25) is 0 Å². The highest BCUT2D eigenvalue weighted by Crippen LogP contribution is 2.26. The van der Waals surface area contributed by atoms with E-state index < -0.39 is 0 Å². The van der Waals surface area contributed by atoms with E-state index in [1.807, 2.05) is 29.7 Å². The number of aromatic nitrogens is 2. The molecule has 102 valence electrons. The van der Waals surface area contributed by atoms with E-state index in [-0.39, 0.29) is 11.6 Å². The van der Waals surface area contributed by atoms with Gasteiger partial charge in [0, 0.05) is 6.07 Å². The van der Waals surface area contributed by atoms with E-state index in [9.17, 15) is 4.39 Å². The molecule has 5 heteroatoms. The van der Waals surface area contributed by atoms with E-state index in [2.05, 4.69) is 4.98 Å². The van der Waals surface area contributed by atoms with Crippen LogP contribution in [0.4, 0.5) is 4.39 Å². The molecule has 3 nitrogen and oxygen atoms in total. The molecule has 0 atom stereocenters. The van der Waals surface area contributed by atoms with E-state index in [0.717, 1.165) is 22.3 Å². The van der Waals surface area contributed by atoms with Crippen LogP contribution in [-0.2, 0) is 0 Å². The van der Waals surface area contributed by atoms with Crippen LogP contribution in [0.15, 0.2) is 36.4 Å². The third kappa shape index (κ3) is 1.91. The van der Waals surface area contributed by atoms with Gasteiger partial charge in [0.25, 0.3) is 0 Å². The number of rotatable bonds is 2. The number of benzene rings is 2. The fraction of sp³-hybridized carbons (Fsp3) is 0.133. The number of methoxy groups -OCH3 is 1. The Morgan fingerprint density at radius 2 is 2.05 bits per heavy atom. The topological polar surface area (TPSA) is 29.9 Å². The second-order valence-electron chi connectivity index (χ2n) is 4.56. The van der Waals surface area contributed by atoms with Crippen LogP contribution in [-0.4, -0.2) is 16.7 Å². The van der Waals surface area contributed by atoms with Crippen molar-refractivity contribution in [1.82, 2.24) is 9.55 Å². The first-order valence-corrected chi connectivity index (χ1v) is 6.57. The van der Waals surface area contributed by atoms with Crippen molar-refractivity contribution >= 4 is 23.3 Å². The van der Waals surface area contributed by atoms with Crippen LogP contribution < -0.4 is 4.74 Å². The lowest BCUT2D eigenvalue weighted by Gasteiger charge is -2.09. The highest BCUT2D eigenvalue weighted by molar-refractivity contribution is 7.71. The summed E-state index contributed by atoms with van der Waals surface area (Å²) in [7, 11) is 1.45. The first kappa shape index (κ1) is 12.9. The van der Waals surface area contributed by atoms with E-state index in [1.54, 1.807) is 12.1 Å². The Hall–Kier alpha value is -2.14. The average Bonchev–Trinajstić information content (AvgIpc) is 2.77. The van der Waals surface area contributed by atoms with Crippen LogP contribution in [0.1, 0.15) is 5.56 Å². The average molecular weight is 288 g/mol. The zero-order valence-corrected chi connectivity index (χ0v) is 11.9. The van der Waals surface area contributed by atoms with E-state index in [4.69, 9.17) is 17.0 Å². The molecule has 1 aromatic heterocycles. The van der Waals surface area contributed by atoms with Crippen LogP contribution in [0.25, 0.3) is 16.7 Å². The lowest BCUT2D eigenvalue weighted by Crippen LogP contribution is -1.97. The number of hydrogen-bond acceptors (Lipinski definition) is 2. The Balaban J connectivity index is 2.35. The zero-order chi connectivity index (χ0) is 14.3. The molecule has 0 saturated carbocycles. The van der Waals surface area contributed by atoms with Crippen molar-refractivity contribution in [2.75, 3.05) is 7.11 Å². The Morgan fingerprint density at radius 1 is 1.25 bits per heavy atom. The standard InChI is InChI=1S/C15H13FN2OS/c1-9-4-3-5-12-14(9)18(15(20)17-12)10-6-7-11(16)13(8-10)19-2/h3-8H,1-2H3,(H,17,20). The third-order valence-corrected chi connectivity index (χ3v) is 3.58. The lowest BCUT2D eigenvalue weighted by atomic mass is 10.2. The van der Waals surface area contributed by atoms with Gasteiger partial charge in [-0.25, -0.2) is 4.39 Å². The number of hydrogen-bond donors (Lipinski definition) is 1. The lowest BCUT2D eigenvalue weighted by molar-refractivity contribution is 0.386. The van der Waals surface area contributed by atoms with Crippen molar-refractivity contribution in [3.05, 3.63) is 52.5 Å². The molecule has 0 fully saturated rings. The molecule has 3 aromatic rings. The minimum absolute atomic E-state index is 0.201. The minimum Gasteiger partial charge on any atom is -0.494 e. The van der Waals surface area contributed by atoms with Crippen LogP contribution in [0.5, 0.6) is 5.75 Å². The Kier molecular flexibility index (Phi) is 3.06. The predicted molar refractivity (Wildman–Crippen MR) is 79.7 cm³/mol. The number of halogens is 1. The summed E-state index contributed by atoms with van der Waals surface area (Å²) in [6, 6.07) is 10.7. The molecule has 1 heterocycles. The number of aryl methyl sites for hydroxylation is 1. The summed E-state index contributed by atoms with van der Waals surface area (Å²) >= 11 is 5.38. The molecule has 0 saturated heterocycles. The normalized spacial score (nSPS) is 10.9. The molecule has 0 amide bonds. The van der Waals surface area contributed by atoms with Crippen LogP contribution >= 0.6 is 12.2 Å². The van der Waals surface area contributed by atoms with Crippen molar-refractivity contribution in [2.24, 2.45) is 0 Å². The monoisotopic (exact) mass is 288 g/mol. The minimum atomic E-state index is -0.390. The molecule has 20 heavy (non-hydrogen) atoms. The second-order valence-corrected chi connectivity index (χ2v) is 4.94. The first-order valence-electron chi connectivity index (χ1n) is 6.16. The number of fused-ring (bicyclic) bond motifs is 1. The molecule has 0 bridgehead atoms. The quantitative estimate of drug-likeness (QED) is 0.718. The Bertz CT molecular complexity index is 851. The van der Waals surface area contributed by atoms with Crippen molar-refractivity contribution < 1.29 is 9.13 Å². The van der Waals surface area contributed by atoms with Crippen molar-refractivity contribution in [2.45, 2.75) is 6.92 Å². The summed E-state index contributed by atoms with van der Waals surface area (Å²) in [4.78, 5) is 3.16. The zero-order valence-electron chi connectivity index (χ0n) is 11.1. The molecular weight excluding hydrogens is 275 g/mol. The molecule has 1 N–H and O–H groups in total. The van der Waals surface area contributed by atoms with Gasteiger partial charge in [0.05, 0.1) is 23.8 Å². The molecule has 0 aliphatic heterocycles. The van der Waals surface area contributed by atoms with Gasteiger partial charge in [-0.2, -0.15) is 0 Å². The summed E-state index contributed by atoms with van der Waals surface area (Å²) in [6.07, 6.45) is 0. The number of para-hydroxylation sites is 1. The molecule has 0 spiro atoms. The smallest absolute Gasteiger partial charge is 0.182 e. The van der Waals surface area contributed by atoms with Gasteiger partial charge in [0.15, 0.2) is 16.3 Å². The van der Waals surface area contributed by atoms with Crippen LogP contribution in [0.2, 0.25) is 0 Å². The van der Waals surface area contributed by atoms with Crippen molar-refractivity contribution in [3.63, 3.8) is 0 Å². The maximum atomic E-state index is 13.5. The fourth-order valence-corrected chi connectivity index (χ4v) is 2.67. The van der Waals surface area contributed by atoms with Crippen molar-refractivity contribution in [3.8, 4) is 11.4 Å².